The Bertz CT molecular complexity index is 380. The van der Waals surface area contributed by atoms with Gasteiger partial charge in [-0.2, -0.15) is 5.26 Å². The van der Waals surface area contributed by atoms with Gasteiger partial charge < -0.3 is 0 Å². The largest absolute Gasteiger partial charge is 0.296 e. The molecule has 1 aliphatic heterocycles. The van der Waals surface area contributed by atoms with Crippen LogP contribution in [0.2, 0.25) is 0 Å². The minimum absolute atomic E-state index is 0.437. The van der Waals surface area contributed by atoms with Crippen molar-refractivity contribution >= 4 is 11.3 Å². The second-order valence-corrected chi connectivity index (χ2v) is 5.49. The molecule has 0 spiro atoms. The van der Waals surface area contributed by atoms with Crippen LogP contribution in [-0.4, -0.2) is 23.0 Å². The van der Waals surface area contributed by atoms with Gasteiger partial charge in [-0.25, -0.2) is 4.98 Å². The van der Waals surface area contributed by atoms with Crippen LogP contribution in [0.5, 0.6) is 0 Å². The van der Waals surface area contributed by atoms with E-state index in [-0.39, 0.29) is 0 Å². The summed E-state index contributed by atoms with van der Waals surface area (Å²) in [6.45, 7) is 5.65. The molecule has 0 bridgehead atoms. The molecule has 1 fully saturated rings. The molecule has 0 amide bonds. The van der Waals surface area contributed by atoms with Gasteiger partial charge in [0.05, 0.1) is 24.7 Å². The highest BCUT2D eigenvalue weighted by molar-refractivity contribution is 7.09. The number of hydrogen-bond acceptors (Lipinski definition) is 4. The summed E-state index contributed by atoms with van der Waals surface area (Å²) in [7, 11) is 0. The average Bonchev–Trinajstić information content (AvgIpc) is 2.66. The van der Waals surface area contributed by atoms with Crippen molar-refractivity contribution in [2.45, 2.75) is 32.7 Å². The lowest BCUT2D eigenvalue weighted by atomic mass is 10.0. The quantitative estimate of drug-likeness (QED) is 0.808. The van der Waals surface area contributed by atoms with Crippen LogP contribution in [0.3, 0.4) is 0 Å². The third-order valence-corrected chi connectivity index (χ3v) is 3.84. The highest BCUT2D eigenvalue weighted by atomic mass is 32.1. The Morgan fingerprint density at radius 3 is 3.31 bits per heavy atom. The number of likely N-dealkylation sites (tertiary alicyclic amines) is 1. The summed E-state index contributed by atoms with van der Waals surface area (Å²) >= 11 is 1.68. The van der Waals surface area contributed by atoms with Gasteiger partial charge in [-0.05, 0) is 25.3 Å². The second kappa shape index (κ2) is 5.42. The maximum absolute atomic E-state index is 8.59. The van der Waals surface area contributed by atoms with Crippen LogP contribution in [0.1, 0.15) is 30.5 Å². The molecule has 0 aliphatic carbocycles. The van der Waals surface area contributed by atoms with Crippen LogP contribution < -0.4 is 0 Å². The first-order valence-corrected chi connectivity index (χ1v) is 6.68. The third kappa shape index (κ3) is 3.03. The van der Waals surface area contributed by atoms with E-state index in [1.807, 2.05) is 5.38 Å². The van der Waals surface area contributed by atoms with Crippen molar-refractivity contribution in [2.75, 3.05) is 13.1 Å². The van der Waals surface area contributed by atoms with Gasteiger partial charge in [0.25, 0.3) is 0 Å². The first-order valence-electron chi connectivity index (χ1n) is 5.80. The van der Waals surface area contributed by atoms with E-state index in [1.165, 1.54) is 25.9 Å². The summed E-state index contributed by atoms with van der Waals surface area (Å²) in [5, 5.41) is 11.7. The predicted octanol–water partition coefficient (Wildman–Crippen LogP) is 2.44. The topological polar surface area (TPSA) is 39.9 Å². The molecule has 1 aromatic heterocycles. The van der Waals surface area contributed by atoms with Gasteiger partial charge in [-0.1, -0.05) is 6.92 Å². The molecule has 1 aromatic rings. The van der Waals surface area contributed by atoms with Crippen LogP contribution in [0.15, 0.2) is 5.38 Å². The lowest BCUT2D eigenvalue weighted by Crippen LogP contribution is -2.33. The van der Waals surface area contributed by atoms with E-state index in [9.17, 15) is 0 Å². The molecule has 3 nitrogen and oxygen atoms in total. The van der Waals surface area contributed by atoms with E-state index >= 15 is 0 Å². The molecule has 1 unspecified atom stereocenters. The van der Waals surface area contributed by atoms with Gasteiger partial charge in [-0.15, -0.1) is 11.3 Å². The summed E-state index contributed by atoms with van der Waals surface area (Å²) in [5.74, 6) is 0.812. The molecule has 86 valence electrons. The minimum Gasteiger partial charge on any atom is -0.296 e. The SMILES string of the molecule is CC1CCCN(Cc2nc(CC#N)cs2)C1. The van der Waals surface area contributed by atoms with Gasteiger partial charge in [0.15, 0.2) is 0 Å². The number of rotatable bonds is 3. The highest BCUT2D eigenvalue weighted by Crippen LogP contribution is 2.19. The lowest BCUT2D eigenvalue weighted by Gasteiger charge is -2.29. The predicted molar refractivity (Wildman–Crippen MR) is 65.1 cm³/mol. The Labute approximate surface area is 101 Å². The van der Waals surface area contributed by atoms with Crippen LogP contribution in [-0.2, 0) is 13.0 Å². The van der Waals surface area contributed by atoms with E-state index in [2.05, 4.69) is 22.9 Å². The van der Waals surface area contributed by atoms with Crippen LogP contribution in [0.4, 0.5) is 0 Å². The standard InChI is InChI=1S/C12H17N3S/c1-10-3-2-6-15(7-10)8-12-14-11(4-5-13)9-16-12/h9-10H,2-4,6-8H2,1H3. The Kier molecular flexibility index (Phi) is 3.92. The van der Waals surface area contributed by atoms with Crippen molar-refractivity contribution in [2.24, 2.45) is 5.92 Å². The van der Waals surface area contributed by atoms with Gasteiger partial charge in [-0.3, -0.25) is 4.90 Å². The first kappa shape index (κ1) is 11.6. The van der Waals surface area contributed by atoms with Crippen molar-refractivity contribution in [1.29, 1.82) is 5.26 Å². The molecule has 4 heteroatoms. The molecule has 0 radical (unpaired) electrons. The highest BCUT2D eigenvalue weighted by Gasteiger charge is 2.17. The van der Waals surface area contributed by atoms with Gasteiger partial charge >= 0.3 is 0 Å². The monoisotopic (exact) mass is 235 g/mol. The zero-order chi connectivity index (χ0) is 11.4. The van der Waals surface area contributed by atoms with Crippen LogP contribution >= 0.6 is 11.3 Å². The van der Waals surface area contributed by atoms with E-state index < -0.39 is 0 Å². The molecule has 0 saturated carbocycles. The molecule has 1 aliphatic rings. The number of nitrogens with zero attached hydrogens (tertiary/aromatic N) is 3. The van der Waals surface area contributed by atoms with Crippen molar-refractivity contribution in [1.82, 2.24) is 9.88 Å². The van der Waals surface area contributed by atoms with Crippen molar-refractivity contribution in [3.63, 3.8) is 0 Å². The zero-order valence-electron chi connectivity index (χ0n) is 9.65. The lowest BCUT2D eigenvalue weighted by molar-refractivity contribution is 0.176. The fourth-order valence-electron chi connectivity index (χ4n) is 2.21. The number of nitriles is 1. The molecule has 2 heterocycles. The Morgan fingerprint density at radius 2 is 2.56 bits per heavy atom. The summed E-state index contributed by atoms with van der Waals surface area (Å²) in [4.78, 5) is 6.95. The number of aromatic nitrogens is 1. The molecule has 0 aromatic carbocycles. The molecular formula is C12H17N3S. The van der Waals surface area contributed by atoms with Gasteiger partial charge in [0.1, 0.15) is 5.01 Å². The molecule has 1 atom stereocenters. The zero-order valence-corrected chi connectivity index (χ0v) is 10.5. The maximum Gasteiger partial charge on any atom is 0.107 e. The van der Waals surface area contributed by atoms with E-state index in [1.54, 1.807) is 11.3 Å². The Hall–Kier alpha value is -0.920. The second-order valence-electron chi connectivity index (χ2n) is 4.55. The van der Waals surface area contributed by atoms with E-state index in [4.69, 9.17) is 5.26 Å². The fourth-order valence-corrected chi connectivity index (χ4v) is 3.04. The number of hydrogen-bond donors (Lipinski definition) is 0. The molecular weight excluding hydrogens is 218 g/mol. The molecule has 0 N–H and O–H groups in total. The van der Waals surface area contributed by atoms with Crippen molar-refractivity contribution in [3.05, 3.63) is 16.1 Å². The van der Waals surface area contributed by atoms with E-state index in [0.29, 0.717) is 6.42 Å². The van der Waals surface area contributed by atoms with Crippen LogP contribution in [0.25, 0.3) is 0 Å². The molecule has 1 saturated heterocycles. The van der Waals surface area contributed by atoms with Crippen molar-refractivity contribution < 1.29 is 0 Å². The van der Waals surface area contributed by atoms with Gasteiger partial charge in [0, 0.05) is 11.9 Å². The van der Waals surface area contributed by atoms with Crippen molar-refractivity contribution in [3.8, 4) is 6.07 Å². The fraction of sp³-hybridized carbons (Fsp3) is 0.667. The summed E-state index contributed by atoms with van der Waals surface area (Å²) in [6, 6.07) is 2.14. The summed E-state index contributed by atoms with van der Waals surface area (Å²) in [5.41, 5.74) is 0.924. The molecule has 16 heavy (non-hydrogen) atoms. The summed E-state index contributed by atoms with van der Waals surface area (Å²) < 4.78 is 0. The number of piperidine rings is 1. The smallest absolute Gasteiger partial charge is 0.107 e. The van der Waals surface area contributed by atoms with E-state index in [0.717, 1.165) is 23.2 Å². The minimum atomic E-state index is 0.437. The molecule has 2 rings (SSSR count). The number of thiazole rings is 1. The normalized spacial score (nSPS) is 21.9. The van der Waals surface area contributed by atoms with Gasteiger partial charge in [0.2, 0.25) is 0 Å². The maximum atomic E-state index is 8.59. The Balaban J connectivity index is 1.90. The Morgan fingerprint density at radius 1 is 1.69 bits per heavy atom. The van der Waals surface area contributed by atoms with Crippen LogP contribution in [0, 0.1) is 17.2 Å². The third-order valence-electron chi connectivity index (χ3n) is 2.96. The average molecular weight is 235 g/mol. The summed E-state index contributed by atoms with van der Waals surface area (Å²) in [6.07, 6.45) is 3.10. The first-order chi connectivity index (χ1) is 7.78.